The third-order valence-electron chi connectivity index (χ3n) is 3.66. The molecule has 0 radical (unpaired) electrons. The molecule has 0 saturated heterocycles. The molecule has 0 bridgehead atoms. The topological polar surface area (TPSA) is 55.4 Å². The summed E-state index contributed by atoms with van der Waals surface area (Å²) in [6, 6.07) is 12.7. The SMILES string of the molecule is CCc1cc(S(=O)(=O)NCc2ccccc2C)ccc1OC. The van der Waals surface area contributed by atoms with Crippen LogP contribution in [0.3, 0.4) is 0 Å². The number of sulfonamides is 1. The molecule has 0 aliphatic heterocycles. The summed E-state index contributed by atoms with van der Waals surface area (Å²) < 4.78 is 32.8. The fourth-order valence-electron chi connectivity index (χ4n) is 2.26. The Labute approximate surface area is 132 Å². The number of aryl methyl sites for hydroxylation is 2. The van der Waals surface area contributed by atoms with Crippen molar-refractivity contribution >= 4 is 10.0 Å². The minimum absolute atomic E-state index is 0.263. The Hall–Kier alpha value is -1.85. The summed E-state index contributed by atoms with van der Waals surface area (Å²) in [5.41, 5.74) is 2.91. The van der Waals surface area contributed by atoms with Crippen LogP contribution in [0.2, 0.25) is 0 Å². The minimum Gasteiger partial charge on any atom is -0.496 e. The minimum atomic E-state index is -3.54. The van der Waals surface area contributed by atoms with Crippen molar-refractivity contribution in [2.24, 2.45) is 0 Å². The number of rotatable bonds is 6. The molecule has 0 heterocycles. The summed E-state index contributed by atoms with van der Waals surface area (Å²) in [6.45, 7) is 4.21. The molecule has 1 N–H and O–H groups in total. The van der Waals surface area contributed by atoms with Crippen LogP contribution in [0.25, 0.3) is 0 Å². The lowest BCUT2D eigenvalue weighted by molar-refractivity contribution is 0.409. The van der Waals surface area contributed by atoms with Crippen LogP contribution in [-0.2, 0) is 23.0 Å². The van der Waals surface area contributed by atoms with Gasteiger partial charge in [-0.1, -0.05) is 31.2 Å². The molecule has 2 aromatic rings. The summed E-state index contributed by atoms with van der Waals surface area (Å²) >= 11 is 0. The van der Waals surface area contributed by atoms with E-state index in [1.165, 1.54) is 0 Å². The maximum absolute atomic E-state index is 12.4. The molecule has 118 valence electrons. The van der Waals surface area contributed by atoms with Gasteiger partial charge in [0.25, 0.3) is 0 Å². The van der Waals surface area contributed by atoms with Gasteiger partial charge < -0.3 is 4.74 Å². The normalized spacial score (nSPS) is 11.4. The standard InChI is InChI=1S/C17H21NO3S/c1-4-14-11-16(9-10-17(14)21-3)22(19,20)18-12-15-8-6-5-7-13(15)2/h5-11,18H,4,12H2,1-3H3. The van der Waals surface area contributed by atoms with Gasteiger partial charge in [-0.3, -0.25) is 0 Å². The average Bonchev–Trinajstić information content (AvgIpc) is 2.53. The van der Waals surface area contributed by atoms with Gasteiger partial charge in [0, 0.05) is 6.54 Å². The van der Waals surface area contributed by atoms with Crippen LogP contribution in [0, 0.1) is 6.92 Å². The second-order valence-electron chi connectivity index (χ2n) is 5.08. The van der Waals surface area contributed by atoms with Crippen molar-refractivity contribution in [3.63, 3.8) is 0 Å². The molecule has 2 aromatic carbocycles. The average molecular weight is 319 g/mol. The summed E-state index contributed by atoms with van der Waals surface area (Å²) in [5.74, 6) is 0.709. The van der Waals surface area contributed by atoms with E-state index < -0.39 is 10.0 Å². The molecule has 5 heteroatoms. The number of benzene rings is 2. The molecule has 0 amide bonds. The molecule has 0 saturated carbocycles. The molecule has 0 aliphatic rings. The molecule has 0 aromatic heterocycles. The summed E-state index contributed by atoms with van der Waals surface area (Å²) in [7, 11) is -1.96. The van der Waals surface area contributed by atoms with Crippen LogP contribution in [0.1, 0.15) is 23.6 Å². The Morgan fingerprint density at radius 3 is 2.45 bits per heavy atom. The summed E-state index contributed by atoms with van der Waals surface area (Å²) in [4.78, 5) is 0.263. The largest absolute Gasteiger partial charge is 0.496 e. The highest BCUT2D eigenvalue weighted by molar-refractivity contribution is 7.89. The number of nitrogens with one attached hydrogen (secondary N) is 1. The van der Waals surface area contributed by atoms with Gasteiger partial charge in [0.1, 0.15) is 5.75 Å². The first-order chi connectivity index (χ1) is 10.5. The van der Waals surface area contributed by atoms with Gasteiger partial charge in [0.15, 0.2) is 0 Å². The zero-order valence-electron chi connectivity index (χ0n) is 13.1. The van der Waals surface area contributed by atoms with Crippen molar-refractivity contribution in [2.75, 3.05) is 7.11 Å². The van der Waals surface area contributed by atoms with Gasteiger partial charge in [0.05, 0.1) is 12.0 Å². The molecule has 0 atom stereocenters. The van der Waals surface area contributed by atoms with Gasteiger partial charge in [-0.25, -0.2) is 13.1 Å². The lowest BCUT2D eigenvalue weighted by atomic mass is 10.1. The zero-order chi connectivity index (χ0) is 16.2. The maximum Gasteiger partial charge on any atom is 0.240 e. The molecular formula is C17H21NO3S. The Morgan fingerprint density at radius 1 is 1.09 bits per heavy atom. The molecule has 4 nitrogen and oxygen atoms in total. The Morgan fingerprint density at radius 2 is 1.82 bits per heavy atom. The molecule has 0 unspecified atom stereocenters. The molecule has 22 heavy (non-hydrogen) atoms. The predicted molar refractivity (Wildman–Crippen MR) is 87.6 cm³/mol. The summed E-state index contributed by atoms with van der Waals surface area (Å²) in [5, 5.41) is 0. The van der Waals surface area contributed by atoms with Gasteiger partial charge >= 0.3 is 0 Å². The highest BCUT2D eigenvalue weighted by Gasteiger charge is 2.16. The van der Waals surface area contributed by atoms with E-state index in [1.807, 2.05) is 38.1 Å². The van der Waals surface area contributed by atoms with Crippen molar-refractivity contribution in [3.8, 4) is 5.75 Å². The lowest BCUT2D eigenvalue weighted by Gasteiger charge is -2.12. The fourth-order valence-corrected chi connectivity index (χ4v) is 3.32. The monoisotopic (exact) mass is 319 g/mol. The van der Waals surface area contributed by atoms with Crippen molar-refractivity contribution < 1.29 is 13.2 Å². The Balaban J connectivity index is 2.22. The maximum atomic E-state index is 12.4. The first-order valence-electron chi connectivity index (χ1n) is 7.19. The Kier molecular flexibility index (Phi) is 5.21. The van der Waals surface area contributed by atoms with Crippen LogP contribution in [-0.4, -0.2) is 15.5 Å². The van der Waals surface area contributed by atoms with Gasteiger partial charge in [-0.15, -0.1) is 0 Å². The third kappa shape index (κ3) is 3.67. The van der Waals surface area contributed by atoms with Gasteiger partial charge in [-0.05, 0) is 48.2 Å². The fraction of sp³-hybridized carbons (Fsp3) is 0.294. The van der Waals surface area contributed by atoms with Crippen molar-refractivity contribution in [1.82, 2.24) is 4.72 Å². The van der Waals surface area contributed by atoms with Crippen LogP contribution in [0.5, 0.6) is 5.75 Å². The lowest BCUT2D eigenvalue weighted by Crippen LogP contribution is -2.23. The Bertz CT molecular complexity index is 754. The van der Waals surface area contributed by atoms with E-state index in [0.717, 1.165) is 16.7 Å². The van der Waals surface area contributed by atoms with E-state index in [-0.39, 0.29) is 11.4 Å². The highest BCUT2D eigenvalue weighted by Crippen LogP contribution is 2.23. The van der Waals surface area contributed by atoms with Gasteiger partial charge in [-0.2, -0.15) is 0 Å². The van der Waals surface area contributed by atoms with E-state index in [9.17, 15) is 8.42 Å². The second-order valence-corrected chi connectivity index (χ2v) is 6.85. The smallest absolute Gasteiger partial charge is 0.240 e. The molecule has 0 aliphatic carbocycles. The number of methoxy groups -OCH3 is 1. The van der Waals surface area contributed by atoms with E-state index >= 15 is 0 Å². The quantitative estimate of drug-likeness (QED) is 0.890. The molecule has 0 fully saturated rings. The van der Waals surface area contributed by atoms with E-state index in [4.69, 9.17) is 4.74 Å². The van der Waals surface area contributed by atoms with E-state index in [1.54, 1.807) is 25.3 Å². The number of ether oxygens (including phenoxy) is 1. The van der Waals surface area contributed by atoms with Crippen LogP contribution < -0.4 is 9.46 Å². The van der Waals surface area contributed by atoms with Crippen molar-refractivity contribution in [1.29, 1.82) is 0 Å². The van der Waals surface area contributed by atoms with Crippen LogP contribution in [0.15, 0.2) is 47.4 Å². The van der Waals surface area contributed by atoms with E-state index in [0.29, 0.717) is 12.2 Å². The molecule has 2 rings (SSSR count). The molecular weight excluding hydrogens is 298 g/mol. The first kappa shape index (κ1) is 16.5. The molecule has 0 spiro atoms. The van der Waals surface area contributed by atoms with Crippen molar-refractivity contribution in [3.05, 3.63) is 59.2 Å². The first-order valence-corrected chi connectivity index (χ1v) is 8.67. The number of hydrogen-bond donors (Lipinski definition) is 1. The second kappa shape index (κ2) is 6.94. The van der Waals surface area contributed by atoms with E-state index in [2.05, 4.69) is 4.72 Å². The van der Waals surface area contributed by atoms with Crippen LogP contribution >= 0.6 is 0 Å². The predicted octanol–water partition coefficient (Wildman–Crippen LogP) is 3.04. The van der Waals surface area contributed by atoms with Crippen LogP contribution in [0.4, 0.5) is 0 Å². The van der Waals surface area contributed by atoms with Crippen molar-refractivity contribution in [2.45, 2.75) is 31.7 Å². The van der Waals surface area contributed by atoms with Gasteiger partial charge in [0.2, 0.25) is 10.0 Å². The summed E-state index contributed by atoms with van der Waals surface area (Å²) in [6.07, 6.45) is 0.713. The zero-order valence-corrected chi connectivity index (χ0v) is 13.9. The third-order valence-corrected chi connectivity index (χ3v) is 5.06. The number of hydrogen-bond acceptors (Lipinski definition) is 3. The highest BCUT2D eigenvalue weighted by atomic mass is 32.2.